The largest absolute Gasteiger partial charge is 0.352 e. The van der Waals surface area contributed by atoms with Gasteiger partial charge in [-0.3, -0.25) is 9.59 Å². The van der Waals surface area contributed by atoms with Crippen LogP contribution in [0.1, 0.15) is 55.0 Å². The van der Waals surface area contributed by atoms with E-state index >= 15 is 0 Å². The van der Waals surface area contributed by atoms with Crippen LogP contribution in [0.25, 0.3) is 0 Å². The second kappa shape index (κ2) is 10.1. The lowest BCUT2D eigenvalue weighted by molar-refractivity contribution is -0.134. The minimum absolute atomic E-state index is 0. The van der Waals surface area contributed by atoms with Crippen molar-refractivity contribution in [1.29, 1.82) is 0 Å². The number of hydrogen-bond acceptors (Lipinski definition) is 4. The zero-order chi connectivity index (χ0) is 21.0. The molecule has 0 radical (unpaired) electrons. The fourth-order valence-corrected chi connectivity index (χ4v) is 3.58. The van der Waals surface area contributed by atoms with E-state index in [4.69, 9.17) is 0 Å². The molecule has 0 spiro atoms. The number of carbonyl (C=O) groups excluding carboxylic acids is 2. The van der Waals surface area contributed by atoms with Gasteiger partial charge in [-0.05, 0) is 23.1 Å². The van der Waals surface area contributed by atoms with E-state index in [1.54, 1.807) is 6.20 Å². The van der Waals surface area contributed by atoms with Crippen LogP contribution in [0, 0.1) is 0 Å². The van der Waals surface area contributed by atoms with Gasteiger partial charge in [-0.25, -0.2) is 4.98 Å². The van der Waals surface area contributed by atoms with Crippen LogP contribution in [0.3, 0.4) is 0 Å². The van der Waals surface area contributed by atoms with Crippen molar-refractivity contribution in [3.05, 3.63) is 53.6 Å². The third-order valence-corrected chi connectivity index (χ3v) is 5.36. The number of piperazine rings is 1. The van der Waals surface area contributed by atoms with Crippen LogP contribution in [0.15, 0.2) is 36.7 Å². The average molecular weight is 434 g/mol. The van der Waals surface area contributed by atoms with Gasteiger partial charge in [0.15, 0.2) is 0 Å². The molecule has 7 nitrogen and oxygen atoms in total. The maximum absolute atomic E-state index is 12.8. The van der Waals surface area contributed by atoms with Crippen LogP contribution < -0.4 is 10.6 Å². The highest BCUT2D eigenvalue weighted by Gasteiger charge is 2.30. The van der Waals surface area contributed by atoms with Gasteiger partial charge in [0.1, 0.15) is 11.9 Å². The Hall–Kier alpha value is -2.38. The van der Waals surface area contributed by atoms with Crippen molar-refractivity contribution < 1.29 is 9.59 Å². The fourth-order valence-electron chi connectivity index (χ4n) is 3.58. The molecule has 0 saturated carbocycles. The van der Waals surface area contributed by atoms with Crippen molar-refractivity contribution in [3.8, 4) is 0 Å². The van der Waals surface area contributed by atoms with Crippen molar-refractivity contribution in [3.63, 3.8) is 0 Å². The molecule has 164 valence electrons. The first-order chi connectivity index (χ1) is 13.8. The van der Waals surface area contributed by atoms with Gasteiger partial charge < -0.3 is 20.1 Å². The summed E-state index contributed by atoms with van der Waals surface area (Å²) in [7, 11) is 1.94. The van der Waals surface area contributed by atoms with Gasteiger partial charge >= 0.3 is 0 Å². The molecule has 1 aliphatic heterocycles. The van der Waals surface area contributed by atoms with E-state index in [2.05, 4.69) is 36.4 Å². The minimum atomic E-state index is -0.153. The molecular weight excluding hydrogens is 402 g/mol. The quantitative estimate of drug-likeness (QED) is 0.759. The molecule has 2 N–H and O–H groups in total. The SMILES string of the molecule is Cl.Cn1ccnc1C1CNCCN1C(=O)CCNC(=O)c1ccc(C(C)(C)C)cc1. The third-order valence-electron chi connectivity index (χ3n) is 5.36. The molecule has 1 atom stereocenters. The standard InChI is InChI=1S/C22H31N5O2.ClH/c1-22(2,3)17-7-5-16(6-8-17)21(29)25-10-9-19(28)27-14-11-23-15-18(27)20-24-12-13-26(20)4;/h5-8,12-13,18,23H,9-11,14-15H2,1-4H3,(H,25,29);1H. The Morgan fingerprint density at radius 3 is 2.53 bits per heavy atom. The van der Waals surface area contributed by atoms with Crippen molar-refractivity contribution in [2.24, 2.45) is 7.05 Å². The van der Waals surface area contributed by atoms with Crippen molar-refractivity contribution in [1.82, 2.24) is 25.1 Å². The molecule has 1 unspecified atom stereocenters. The van der Waals surface area contributed by atoms with E-state index in [0.29, 0.717) is 25.2 Å². The second-order valence-corrected chi connectivity index (χ2v) is 8.54. The molecule has 1 aliphatic rings. The molecule has 2 heterocycles. The Morgan fingerprint density at radius 1 is 1.23 bits per heavy atom. The number of amides is 2. The molecule has 0 bridgehead atoms. The van der Waals surface area contributed by atoms with Gasteiger partial charge in [0, 0.05) is 57.6 Å². The van der Waals surface area contributed by atoms with Crippen LogP contribution in [0.4, 0.5) is 0 Å². The number of rotatable bonds is 5. The predicted molar refractivity (Wildman–Crippen MR) is 120 cm³/mol. The molecule has 8 heteroatoms. The Balaban J connectivity index is 0.00000320. The number of aromatic nitrogens is 2. The van der Waals surface area contributed by atoms with Crippen LogP contribution >= 0.6 is 12.4 Å². The summed E-state index contributed by atoms with van der Waals surface area (Å²) in [5.74, 6) is 0.746. The van der Waals surface area contributed by atoms with Gasteiger partial charge in [-0.2, -0.15) is 0 Å². The summed E-state index contributed by atoms with van der Waals surface area (Å²) in [5, 5.41) is 6.19. The number of nitrogens with zero attached hydrogens (tertiary/aromatic N) is 3. The Labute approximate surface area is 184 Å². The molecular formula is C22H32ClN5O2. The number of nitrogens with one attached hydrogen (secondary N) is 2. The zero-order valence-electron chi connectivity index (χ0n) is 18.1. The van der Waals surface area contributed by atoms with E-state index in [0.717, 1.165) is 12.4 Å². The van der Waals surface area contributed by atoms with Crippen LogP contribution in [-0.2, 0) is 17.3 Å². The summed E-state index contributed by atoms with van der Waals surface area (Å²) >= 11 is 0. The number of hydrogen-bond donors (Lipinski definition) is 2. The molecule has 0 aliphatic carbocycles. The normalized spacial score (nSPS) is 16.7. The molecule has 1 saturated heterocycles. The lowest BCUT2D eigenvalue weighted by Crippen LogP contribution is -2.50. The lowest BCUT2D eigenvalue weighted by atomic mass is 9.87. The number of benzene rings is 1. The highest BCUT2D eigenvalue weighted by molar-refractivity contribution is 5.94. The van der Waals surface area contributed by atoms with Crippen LogP contribution in [0.2, 0.25) is 0 Å². The molecule has 1 aromatic heterocycles. The molecule has 1 aromatic carbocycles. The Kier molecular flexibility index (Phi) is 8.03. The Bertz CT molecular complexity index is 857. The van der Waals surface area contributed by atoms with Gasteiger partial charge in [0.05, 0.1) is 0 Å². The van der Waals surface area contributed by atoms with Gasteiger partial charge in [0.25, 0.3) is 5.91 Å². The van der Waals surface area contributed by atoms with E-state index in [9.17, 15) is 9.59 Å². The average Bonchev–Trinajstić information content (AvgIpc) is 3.13. The van der Waals surface area contributed by atoms with Crippen molar-refractivity contribution in [2.75, 3.05) is 26.2 Å². The maximum Gasteiger partial charge on any atom is 0.251 e. The summed E-state index contributed by atoms with van der Waals surface area (Å²) in [6.45, 7) is 8.82. The third kappa shape index (κ3) is 5.61. The van der Waals surface area contributed by atoms with Crippen molar-refractivity contribution in [2.45, 2.75) is 38.6 Å². The number of aryl methyl sites for hydroxylation is 1. The highest BCUT2D eigenvalue weighted by atomic mass is 35.5. The number of imidazole rings is 1. The van der Waals surface area contributed by atoms with E-state index in [1.165, 1.54) is 5.56 Å². The highest BCUT2D eigenvalue weighted by Crippen LogP contribution is 2.22. The predicted octanol–water partition coefficient (Wildman–Crippen LogP) is 2.43. The van der Waals surface area contributed by atoms with Gasteiger partial charge in [-0.15, -0.1) is 12.4 Å². The summed E-state index contributed by atoms with van der Waals surface area (Å²) in [5.41, 5.74) is 1.84. The summed E-state index contributed by atoms with van der Waals surface area (Å²) in [6, 6.07) is 7.56. The first kappa shape index (κ1) is 23.9. The topological polar surface area (TPSA) is 79.3 Å². The van der Waals surface area contributed by atoms with Crippen molar-refractivity contribution >= 4 is 24.2 Å². The first-order valence-electron chi connectivity index (χ1n) is 10.1. The van der Waals surface area contributed by atoms with Crippen LogP contribution in [-0.4, -0.2) is 52.4 Å². The summed E-state index contributed by atoms with van der Waals surface area (Å²) in [4.78, 5) is 31.5. The summed E-state index contributed by atoms with van der Waals surface area (Å²) < 4.78 is 1.95. The minimum Gasteiger partial charge on any atom is -0.352 e. The van der Waals surface area contributed by atoms with E-state index in [-0.39, 0.29) is 42.1 Å². The molecule has 3 rings (SSSR count). The van der Waals surface area contributed by atoms with E-state index in [1.807, 2.05) is 47.0 Å². The maximum atomic E-state index is 12.8. The molecule has 2 aromatic rings. The first-order valence-corrected chi connectivity index (χ1v) is 10.1. The van der Waals surface area contributed by atoms with E-state index < -0.39 is 0 Å². The summed E-state index contributed by atoms with van der Waals surface area (Å²) in [6.07, 6.45) is 3.91. The monoisotopic (exact) mass is 433 g/mol. The fraction of sp³-hybridized carbons (Fsp3) is 0.500. The smallest absolute Gasteiger partial charge is 0.251 e. The second-order valence-electron chi connectivity index (χ2n) is 8.54. The zero-order valence-corrected chi connectivity index (χ0v) is 19.0. The molecule has 30 heavy (non-hydrogen) atoms. The Morgan fingerprint density at radius 2 is 1.93 bits per heavy atom. The van der Waals surface area contributed by atoms with Gasteiger partial charge in [-0.1, -0.05) is 32.9 Å². The number of carbonyl (C=O) groups is 2. The molecule has 2 amide bonds. The van der Waals surface area contributed by atoms with Crippen LogP contribution in [0.5, 0.6) is 0 Å². The molecule has 1 fully saturated rings. The lowest BCUT2D eigenvalue weighted by Gasteiger charge is -2.35. The van der Waals surface area contributed by atoms with Gasteiger partial charge in [0.2, 0.25) is 5.91 Å². The number of halogens is 1.